The predicted octanol–water partition coefficient (Wildman–Crippen LogP) is 5.12. The molecule has 0 radical (unpaired) electrons. The summed E-state index contributed by atoms with van der Waals surface area (Å²) >= 11 is 11.7. The summed E-state index contributed by atoms with van der Waals surface area (Å²) in [6.07, 6.45) is 2.37. The molecule has 4 nitrogen and oxygen atoms in total. The van der Waals surface area contributed by atoms with Crippen LogP contribution in [0, 0.1) is 0 Å². The van der Waals surface area contributed by atoms with Gasteiger partial charge in [-0.1, -0.05) is 29.8 Å². The highest BCUT2D eigenvalue weighted by molar-refractivity contribution is 7.80. The van der Waals surface area contributed by atoms with Crippen LogP contribution in [-0.2, 0) is 11.3 Å². The Balaban J connectivity index is 1.75. The molecule has 1 atom stereocenters. The molecule has 1 N–H and O–H groups in total. The van der Waals surface area contributed by atoms with E-state index in [1.807, 2.05) is 49.4 Å². The van der Waals surface area contributed by atoms with Crippen molar-refractivity contribution in [2.24, 2.45) is 0 Å². The molecule has 27 heavy (non-hydrogen) atoms. The van der Waals surface area contributed by atoms with Crippen molar-refractivity contribution >= 4 is 34.6 Å². The van der Waals surface area contributed by atoms with Crippen molar-refractivity contribution in [2.45, 2.75) is 32.4 Å². The van der Waals surface area contributed by atoms with Gasteiger partial charge in [-0.15, -0.1) is 0 Å². The van der Waals surface area contributed by atoms with Gasteiger partial charge in [0.15, 0.2) is 5.11 Å². The molecule has 0 aliphatic carbocycles. The molecule has 3 rings (SSSR count). The lowest BCUT2D eigenvalue weighted by atomic mass is 10.1. The standard InChI is InChI=1S/C21H25ClN2O2S/c1-2-25-20-8-4-3-6-16(20)14-24(15-19-7-5-13-26-19)21(27)23-18-11-9-17(22)10-12-18/h3-4,6,8-12,19H,2,5,7,13-15H2,1H3,(H,23,27). The molecule has 0 bridgehead atoms. The Kier molecular flexibility index (Phi) is 7.33. The van der Waals surface area contributed by atoms with Crippen LogP contribution in [0.15, 0.2) is 48.5 Å². The zero-order valence-electron chi connectivity index (χ0n) is 15.5. The fourth-order valence-electron chi connectivity index (χ4n) is 3.13. The van der Waals surface area contributed by atoms with Crippen LogP contribution >= 0.6 is 23.8 Å². The van der Waals surface area contributed by atoms with Gasteiger partial charge in [-0.05, 0) is 62.3 Å². The molecule has 2 aromatic rings. The number of halogens is 1. The summed E-state index contributed by atoms with van der Waals surface area (Å²) in [5.41, 5.74) is 2.03. The lowest BCUT2D eigenvalue weighted by Gasteiger charge is -2.29. The minimum absolute atomic E-state index is 0.203. The normalized spacial score (nSPS) is 16.1. The molecule has 6 heteroatoms. The quantitative estimate of drug-likeness (QED) is 0.648. The summed E-state index contributed by atoms with van der Waals surface area (Å²) in [6, 6.07) is 15.6. The average molecular weight is 405 g/mol. The molecule has 0 saturated carbocycles. The molecule has 1 unspecified atom stereocenters. The molecule has 144 valence electrons. The monoisotopic (exact) mass is 404 g/mol. The van der Waals surface area contributed by atoms with Gasteiger partial charge in [0.2, 0.25) is 0 Å². The van der Waals surface area contributed by atoms with Gasteiger partial charge in [0, 0.05) is 36.0 Å². The zero-order chi connectivity index (χ0) is 19.1. The summed E-state index contributed by atoms with van der Waals surface area (Å²) in [5.74, 6) is 0.895. The van der Waals surface area contributed by atoms with Crippen molar-refractivity contribution in [3.8, 4) is 5.75 Å². The third-order valence-corrected chi connectivity index (χ3v) is 5.08. The van der Waals surface area contributed by atoms with Crippen LogP contribution in [0.3, 0.4) is 0 Å². The lowest BCUT2D eigenvalue weighted by molar-refractivity contribution is 0.0903. The Morgan fingerprint density at radius 2 is 2.04 bits per heavy atom. The third kappa shape index (κ3) is 5.83. The highest BCUT2D eigenvalue weighted by Crippen LogP contribution is 2.23. The number of thiocarbonyl (C=S) groups is 1. The van der Waals surface area contributed by atoms with Gasteiger partial charge < -0.3 is 19.7 Å². The average Bonchev–Trinajstić information content (AvgIpc) is 3.18. The van der Waals surface area contributed by atoms with E-state index in [1.165, 1.54) is 0 Å². The number of anilines is 1. The minimum atomic E-state index is 0.203. The van der Waals surface area contributed by atoms with Gasteiger partial charge in [0.1, 0.15) is 5.75 Å². The Morgan fingerprint density at radius 1 is 1.26 bits per heavy atom. The van der Waals surface area contributed by atoms with E-state index < -0.39 is 0 Å². The van der Waals surface area contributed by atoms with Crippen LogP contribution in [0.2, 0.25) is 5.02 Å². The molecular formula is C21H25ClN2O2S. The maximum atomic E-state index is 5.98. The zero-order valence-corrected chi connectivity index (χ0v) is 17.1. The molecule has 0 aromatic heterocycles. The number of ether oxygens (including phenoxy) is 2. The van der Waals surface area contributed by atoms with E-state index >= 15 is 0 Å². The number of nitrogens with zero attached hydrogens (tertiary/aromatic N) is 1. The Morgan fingerprint density at radius 3 is 2.74 bits per heavy atom. The van der Waals surface area contributed by atoms with Gasteiger partial charge in [-0.25, -0.2) is 0 Å². The number of hydrogen-bond acceptors (Lipinski definition) is 3. The van der Waals surface area contributed by atoms with Crippen molar-refractivity contribution in [1.29, 1.82) is 0 Å². The maximum Gasteiger partial charge on any atom is 0.173 e. The summed E-state index contributed by atoms with van der Waals surface area (Å²) in [5, 5.41) is 4.69. The van der Waals surface area contributed by atoms with E-state index in [0.29, 0.717) is 23.3 Å². The second-order valence-electron chi connectivity index (χ2n) is 6.49. The van der Waals surface area contributed by atoms with Gasteiger partial charge >= 0.3 is 0 Å². The summed E-state index contributed by atoms with van der Waals surface area (Å²) in [6.45, 7) is 4.87. The lowest BCUT2D eigenvalue weighted by Crippen LogP contribution is -2.39. The van der Waals surface area contributed by atoms with E-state index in [-0.39, 0.29) is 6.10 Å². The van der Waals surface area contributed by atoms with Crippen LogP contribution in [0.5, 0.6) is 5.75 Å². The smallest absolute Gasteiger partial charge is 0.173 e. The minimum Gasteiger partial charge on any atom is -0.494 e. The number of para-hydroxylation sites is 1. The first-order valence-electron chi connectivity index (χ1n) is 9.29. The summed E-state index contributed by atoms with van der Waals surface area (Å²) in [7, 11) is 0. The van der Waals surface area contributed by atoms with Crippen molar-refractivity contribution in [2.75, 3.05) is 25.1 Å². The number of rotatable bonds is 7. The van der Waals surface area contributed by atoms with Crippen molar-refractivity contribution in [3.05, 3.63) is 59.1 Å². The van der Waals surface area contributed by atoms with Gasteiger partial charge in [-0.3, -0.25) is 0 Å². The van der Waals surface area contributed by atoms with Crippen LogP contribution in [0.4, 0.5) is 5.69 Å². The number of hydrogen-bond donors (Lipinski definition) is 1. The van der Waals surface area contributed by atoms with Crippen LogP contribution in [0.1, 0.15) is 25.3 Å². The Hall–Kier alpha value is -1.82. The summed E-state index contributed by atoms with van der Waals surface area (Å²) in [4.78, 5) is 2.15. The SMILES string of the molecule is CCOc1ccccc1CN(CC1CCCO1)C(=S)Nc1ccc(Cl)cc1. The topological polar surface area (TPSA) is 33.7 Å². The molecule has 1 aliphatic heterocycles. The van der Waals surface area contributed by atoms with E-state index in [1.54, 1.807) is 0 Å². The molecule has 1 saturated heterocycles. The van der Waals surface area contributed by atoms with E-state index in [2.05, 4.69) is 16.3 Å². The fraction of sp³-hybridized carbons (Fsp3) is 0.381. The maximum absolute atomic E-state index is 5.98. The molecule has 2 aromatic carbocycles. The van der Waals surface area contributed by atoms with Gasteiger partial charge in [-0.2, -0.15) is 0 Å². The molecule has 0 amide bonds. The Bertz CT molecular complexity index is 748. The summed E-state index contributed by atoms with van der Waals surface area (Å²) < 4.78 is 11.6. The van der Waals surface area contributed by atoms with E-state index in [9.17, 15) is 0 Å². The van der Waals surface area contributed by atoms with Crippen molar-refractivity contribution < 1.29 is 9.47 Å². The predicted molar refractivity (Wildman–Crippen MR) is 115 cm³/mol. The van der Waals surface area contributed by atoms with Crippen LogP contribution in [-0.4, -0.2) is 35.9 Å². The highest BCUT2D eigenvalue weighted by atomic mass is 35.5. The number of benzene rings is 2. The van der Waals surface area contributed by atoms with Gasteiger partial charge in [0.05, 0.1) is 12.7 Å². The number of nitrogens with one attached hydrogen (secondary N) is 1. The van der Waals surface area contributed by atoms with Gasteiger partial charge in [0.25, 0.3) is 0 Å². The molecule has 0 spiro atoms. The third-order valence-electron chi connectivity index (χ3n) is 4.46. The second kappa shape index (κ2) is 9.93. The van der Waals surface area contributed by atoms with E-state index in [0.717, 1.165) is 43.0 Å². The highest BCUT2D eigenvalue weighted by Gasteiger charge is 2.22. The van der Waals surface area contributed by atoms with Crippen molar-refractivity contribution in [3.63, 3.8) is 0 Å². The second-order valence-corrected chi connectivity index (χ2v) is 7.32. The fourth-order valence-corrected chi connectivity index (χ4v) is 3.51. The first kappa shape index (κ1) is 19.9. The first-order valence-corrected chi connectivity index (χ1v) is 10.1. The molecule has 1 fully saturated rings. The first-order chi connectivity index (χ1) is 13.2. The van der Waals surface area contributed by atoms with Crippen molar-refractivity contribution in [1.82, 2.24) is 4.90 Å². The van der Waals surface area contributed by atoms with Crippen LogP contribution < -0.4 is 10.1 Å². The largest absolute Gasteiger partial charge is 0.494 e. The van der Waals surface area contributed by atoms with Crippen LogP contribution in [0.25, 0.3) is 0 Å². The Labute approximate surface area is 171 Å². The molecule has 1 heterocycles. The molecule has 1 aliphatic rings. The van der Waals surface area contributed by atoms with E-state index in [4.69, 9.17) is 33.3 Å². The molecular weight excluding hydrogens is 380 g/mol.